The summed E-state index contributed by atoms with van der Waals surface area (Å²) in [6.45, 7) is 7.35. The Morgan fingerprint density at radius 1 is 1.03 bits per heavy atom. The lowest BCUT2D eigenvalue weighted by atomic mass is 9.75. The predicted octanol–water partition coefficient (Wildman–Crippen LogP) is 1.85. The Hall–Kier alpha value is -2.68. The van der Waals surface area contributed by atoms with Gasteiger partial charge >= 0.3 is 0 Å². The number of carbonyl (C=O) groups is 3. The molecule has 1 aliphatic carbocycles. The molecule has 0 aromatic heterocycles. The van der Waals surface area contributed by atoms with E-state index in [0.29, 0.717) is 25.9 Å². The van der Waals surface area contributed by atoms with Gasteiger partial charge in [0.25, 0.3) is 0 Å². The Bertz CT molecular complexity index is 995. The number of piperazine rings is 1. The Morgan fingerprint density at radius 3 is 2.25 bits per heavy atom. The van der Waals surface area contributed by atoms with Gasteiger partial charge in [-0.2, -0.15) is 0 Å². The van der Waals surface area contributed by atoms with E-state index in [1.807, 2.05) is 17.0 Å². The molecular formula is C27H38FN5O3. The van der Waals surface area contributed by atoms with Gasteiger partial charge in [-0.25, -0.2) is 4.39 Å². The quantitative estimate of drug-likeness (QED) is 0.647. The van der Waals surface area contributed by atoms with Crippen molar-refractivity contribution in [1.82, 2.24) is 20.0 Å². The first-order chi connectivity index (χ1) is 17.2. The summed E-state index contributed by atoms with van der Waals surface area (Å²) in [6.07, 6.45) is 4.60. The van der Waals surface area contributed by atoms with E-state index < -0.39 is 5.54 Å². The molecule has 36 heavy (non-hydrogen) atoms. The molecule has 0 unspecified atom stereocenters. The maximum Gasteiger partial charge on any atom is 0.248 e. The van der Waals surface area contributed by atoms with E-state index in [-0.39, 0.29) is 35.0 Å². The molecule has 3 saturated heterocycles. The number of carbonyl (C=O) groups excluding carboxylic acids is 3. The zero-order chi connectivity index (χ0) is 25.5. The van der Waals surface area contributed by atoms with Crippen LogP contribution in [0.2, 0.25) is 0 Å². The van der Waals surface area contributed by atoms with Crippen molar-refractivity contribution >= 4 is 23.4 Å². The number of piperidine rings is 1. The molecular weight excluding hydrogens is 461 g/mol. The molecule has 4 aliphatic rings. The minimum absolute atomic E-state index is 0.0461. The van der Waals surface area contributed by atoms with Gasteiger partial charge in [-0.3, -0.25) is 19.3 Å². The van der Waals surface area contributed by atoms with Gasteiger partial charge in [-0.1, -0.05) is 0 Å². The number of likely N-dealkylation sites (tertiary alicyclic amines) is 1. The highest BCUT2D eigenvalue weighted by Gasteiger charge is 2.57. The average molecular weight is 500 g/mol. The standard InChI is InChI=1S/C27H38FN5O3/c1-20(34)30(2)27(8-9-27)25(36)33-13-10-26(11-14-33)19-22(29-24(26)35)7-12-31-15-17-32(18-16-31)23-5-3-21(28)4-6-23/h3-6,22H,7-19H2,1-2H3,(H,29,35)/t22-/m0/s1. The summed E-state index contributed by atoms with van der Waals surface area (Å²) < 4.78 is 13.2. The number of likely N-dealkylation sites (N-methyl/N-ethyl adjacent to an activating group) is 1. The molecule has 1 aromatic carbocycles. The molecule has 4 fully saturated rings. The first kappa shape index (κ1) is 25.0. The fourth-order valence-corrected chi connectivity index (χ4v) is 6.32. The molecule has 1 aromatic rings. The fraction of sp³-hybridized carbons (Fsp3) is 0.667. The van der Waals surface area contributed by atoms with E-state index in [1.54, 1.807) is 11.9 Å². The summed E-state index contributed by atoms with van der Waals surface area (Å²) >= 11 is 0. The SMILES string of the molecule is CC(=O)N(C)C1(C(=O)N2CCC3(CC2)C[C@H](CCN2CCN(c4ccc(F)cc4)CC2)NC3=O)CC1. The Labute approximate surface area is 212 Å². The molecule has 5 rings (SSSR count). The maximum absolute atomic E-state index is 13.2. The summed E-state index contributed by atoms with van der Waals surface area (Å²) in [5.41, 5.74) is 0.0371. The number of benzene rings is 1. The van der Waals surface area contributed by atoms with Crippen molar-refractivity contribution in [1.29, 1.82) is 0 Å². The number of hydrogen-bond acceptors (Lipinski definition) is 5. The molecule has 3 heterocycles. The van der Waals surface area contributed by atoms with Gasteiger partial charge in [-0.15, -0.1) is 0 Å². The highest BCUT2D eigenvalue weighted by molar-refractivity contribution is 5.94. The van der Waals surface area contributed by atoms with Crippen molar-refractivity contribution in [3.05, 3.63) is 30.1 Å². The normalized spacial score (nSPS) is 25.1. The van der Waals surface area contributed by atoms with E-state index in [2.05, 4.69) is 15.1 Å². The second kappa shape index (κ2) is 9.65. The predicted molar refractivity (Wildman–Crippen MR) is 135 cm³/mol. The first-order valence-electron chi connectivity index (χ1n) is 13.3. The van der Waals surface area contributed by atoms with Crippen LogP contribution in [0.25, 0.3) is 0 Å². The Kier molecular flexibility index (Phi) is 6.70. The van der Waals surface area contributed by atoms with Gasteiger partial charge in [0.1, 0.15) is 11.4 Å². The summed E-state index contributed by atoms with van der Waals surface area (Å²) in [6, 6.07) is 6.87. The maximum atomic E-state index is 13.2. The van der Waals surface area contributed by atoms with Crippen LogP contribution in [-0.2, 0) is 14.4 Å². The van der Waals surface area contributed by atoms with Crippen molar-refractivity contribution in [2.75, 3.05) is 57.8 Å². The molecule has 0 radical (unpaired) electrons. The number of nitrogens with one attached hydrogen (secondary N) is 1. The number of hydrogen-bond donors (Lipinski definition) is 1. The topological polar surface area (TPSA) is 76.2 Å². The first-order valence-corrected chi connectivity index (χ1v) is 13.3. The monoisotopic (exact) mass is 499 g/mol. The van der Waals surface area contributed by atoms with Gasteiger partial charge in [0, 0.05) is 71.5 Å². The van der Waals surface area contributed by atoms with E-state index >= 15 is 0 Å². The third-order valence-electron chi connectivity index (χ3n) is 9.06. The number of anilines is 1. The number of nitrogens with zero attached hydrogens (tertiary/aromatic N) is 4. The molecule has 1 N–H and O–H groups in total. The van der Waals surface area contributed by atoms with Gasteiger partial charge in [-0.05, 0) is 62.8 Å². The molecule has 9 heteroatoms. The largest absolute Gasteiger partial charge is 0.369 e. The van der Waals surface area contributed by atoms with E-state index in [9.17, 15) is 18.8 Å². The van der Waals surface area contributed by atoms with Crippen LogP contribution in [0, 0.1) is 11.2 Å². The zero-order valence-electron chi connectivity index (χ0n) is 21.5. The highest BCUT2D eigenvalue weighted by atomic mass is 19.1. The van der Waals surface area contributed by atoms with Crippen molar-refractivity contribution in [3.8, 4) is 0 Å². The fourth-order valence-electron chi connectivity index (χ4n) is 6.32. The van der Waals surface area contributed by atoms with Gasteiger partial charge in [0.15, 0.2) is 0 Å². The third-order valence-corrected chi connectivity index (χ3v) is 9.06. The number of rotatable bonds is 6. The van der Waals surface area contributed by atoms with Crippen LogP contribution in [0.4, 0.5) is 10.1 Å². The number of halogens is 1. The van der Waals surface area contributed by atoms with Crippen molar-refractivity contribution in [2.45, 2.75) is 57.0 Å². The van der Waals surface area contributed by atoms with Crippen LogP contribution in [0.15, 0.2) is 24.3 Å². The van der Waals surface area contributed by atoms with Crippen molar-refractivity contribution in [2.24, 2.45) is 5.41 Å². The molecule has 1 saturated carbocycles. The van der Waals surface area contributed by atoms with E-state index in [0.717, 1.165) is 64.1 Å². The van der Waals surface area contributed by atoms with Gasteiger partial charge in [0.2, 0.25) is 17.7 Å². The molecule has 1 atom stereocenters. The third kappa shape index (κ3) is 4.69. The van der Waals surface area contributed by atoms with Gasteiger partial charge in [0.05, 0.1) is 5.41 Å². The van der Waals surface area contributed by atoms with Crippen LogP contribution >= 0.6 is 0 Å². The Morgan fingerprint density at radius 2 is 1.67 bits per heavy atom. The van der Waals surface area contributed by atoms with Crippen LogP contribution in [0.5, 0.6) is 0 Å². The lowest BCUT2D eigenvalue weighted by Gasteiger charge is -2.40. The second-order valence-electron chi connectivity index (χ2n) is 11.2. The van der Waals surface area contributed by atoms with Crippen LogP contribution in [0.1, 0.15) is 45.4 Å². The molecule has 3 aliphatic heterocycles. The minimum Gasteiger partial charge on any atom is -0.369 e. The lowest BCUT2D eigenvalue weighted by Crippen LogP contribution is -2.54. The van der Waals surface area contributed by atoms with Gasteiger partial charge < -0.3 is 20.0 Å². The number of amides is 3. The van der Waals surface area contributed by atoms with Crippen molar-refractivity contribution < 1.29 is 18.8 Å². The van der Waals surface area contributed by atoms with E-state index in [4.69, 9.17) is 0 Å². The second-order valence-corrected chi connectivity index (χ2v) is 11.2. The summed E-state index contributed by atoms with van der Waals surface area (Å²) in [7, 11) is 1.72. The van der Waals surface area contributed by atoms with Crippen molar-refractivity contribution in [3.63, 3.8) is 0 Å². The molecule has 1 spiro atoms. The summed E-state index contributed by atoms with van der Waals surface area (Å²) in [4.78, 5) is 46.2. The summed E-state index contributed by atoms with van der Waals surface area (Å²) in [5.74, 6) is -0.102. The summed E-state index contributed by atoms with van der Waals surface area (Å²) in [5, 5.41) is 3.25. The molecule has 8 nitrogen and oxygen atoms in total. The highest BCUT2D eigenvalue weighted by Crippen LogP contribution is 2.46. The Balaban J connectivity index is 1.08. The minimum atomic E-state index is -0.655. The van der Waals surface area contributed by atoms with Crippen LogP contribution < -0.4 is 10.2 Å². The molecule has 3 amide bonds. The zero-order valence-corrected chi connectivity index (χ0v) is 21.5. The van der Waals surface area contributed by atoms with Crippen LogP contribution in [-0.4, -0.2) is 96.9 Å². The molecule has 0 bridgehead atoms. The van der Waals surface area contributed by atoms with Crippen LogP contribution in [0.3, 0.4) is 0 Å². The lowest BCUT2D eigenvalue weighted by molar-refractivity contribution is -0.148. The van der Waals surface area contributed by atoms with E-state index in [1.165, 1.54) is 19.1 Å². The average Bonchev–Trinajstić information content (AvgIpc) is 3.64. The molecule has 196 valence electrons. The smallest absolute Gasteiger partial charge is 0.248 e.